The number of ether oxygens (including phenoxy) is 1. The smallest absolute Gasteiger partial charge is 0.317 e. The van der Waals surface area contributed by atoms with E-state index in [1.165, 1.54) is 0 Å². The fraction of sp³-hybridized carbons (Fsp3) is 0.917. The molecule has 0 aromatic heterocycles. The van der Waals surface area contributed by atoms with Gasteiger partial charge in [-0.3, -0.25) is 9.69 Å². The third-order valence-electron chi connectivity index (χ3n) is 3.21. The van der Waals surface area contributed by atoms with Crippen molar-refractivity contribution >= 4 is 5.97 Å². The van der Waals surface area contributed by atoms with Crippen LogP contribution in [0.2, 0.25) is 0 Å². The number of hydrogen-bond donors (Lipinski definition) is 1. The molecule has 0 amide bonds. The SMILES string of the molecule is CCCC1CC(N(CC)CC(=O)O)CCO1. The molecule has 0 aromatic carbocycles. The number of carbonyl (C=O) groups is 1. The number of rotatable bonds is 6. The van der Waals surface area contributed by atoms with Gasteiger partial charge in [0.25, 0.3) is 0 Å². The van der Waals surface area contributed by atoms with E-state index in [0.29, 0.717) is 12.1 Å². The normalized spacial score (nSPS) is 25.9. The highest BCUT2D eigenvalue weighted by atomic mass is 16.5. The van der Waals surface area contributed by atoms with Gasteiger partial charge >= 0.3 is 5.97 Å². The molecule has 0 spiro atoms. The number of likely N-dealkylation sites (N-methyl/N-ethyl adjacent to an activating group) is 1. The van der Waals surface area contributed by atoms with Gasteiger partial charge in [0, 0.05) is 12.6 Å². The fourth-order valence-electron chi connectivity index (χ4n) is 2.39. The molecule has 4 heteroatoms. The van der Waals surface area contributed by atoms with E-state index >= 15 is 0 Å². The van der Waals surface area contributed by atoms with E-state index < -0.39 is 5.97 Å². The maximum absolute atomic E-state index is 10.7. The molecule has 94 valence electrons. The highest BCUT2D eigenvalue weighted by molar-refractivity contribution is 5.69. The van der Waals surface area contributed by atoms with Crippen LogP contribution in [-0.4, -0.2) is 47.8 Å². The zero-order valence-electron chi connectivity index (χ0n) is 10.3. The molecule has 1 aliphatic rings. The zero-order valence-corrected chi connectivity index (χ0v) is 10.3. The first kappa shape index (κ1) is 13.5. The molecule has 4 nitrogen and oxygen atoms in total. The Hall–Kier alpha value is -0.610. The summed E-state index contributed by atoms with van der Waals surface area (Å²) in [6.07, 6.45) is 4.48. The van der Waals surface area contributed by atoms with Crippen LogP contribution >= 0.6 is 0 Å². The second-order valence-corrected chi connectivity index (χ2v) is 4.42. The Kier molecular flexibility index (Phi) is 5.77. The van der Waals surface area contributed by atoms with Gasteiger partial charge in [0.05, 0.1) is 12.6 Å². The van der Waals surface area contributed by atoms with E-state index in [1.807, 2.05) is 11.8 Å². The Bertz CT molecular complexity index is 218. The molecule has 16 heavy (non-hydrogen) atoms. The summed E-state index contributed by atoms with van der Waals surface area (Å²) in [7, 11) is 0. The molecule has 1 N–H and O–H groups in total. The summed E-state index contributed by atoms with van der Waals surface area (Å²) < 4.78 is 5.67. The number of hydrogen-bond acceptors (Lipinski definition) is 3. The van der Waals surface area contributed by atoms with Crippen molar-refractivity contribution in [3.63, 3.8) is 0 Å². The Morgan fingerprint density at radius 1 is 1.50 bits per heavy atom. The quantitative estimate of drug-likeness (QED) is 0.753. The van der Waals surface area contributed by atoms with Crippen LogP contribution in [-0.2, 0) is 9.53 Å². The van der Waals surface area contributed by atoms with Crippen molar-refractivity contribution in [3.8, 4) is 0 Å². The topological polar surface area (TPSA) is 49.8 Å². The molecule has 0 aliphatic carbocycles. The van der Waals surface area contributed by atoms with E-state index in [-0.39, 0.29) is 6.54 Å². The van der Waals surface area contributed by atoms with Gasteiger partial charge < -0.3 is 9.84 Å². The van der Waals surface area contributed by atoms with Crippen molar-refractivity contribution in [3.05, 3.63) is 0 Å². The van der Waals surface area contributed by atoms with Crippen LogP contribution < -0.4 is 0 Å². The van der Waals surface area contributed by atoms with E-state index in [1.54, 1.807) is 0 Å². The van der Waals surface area contributed by atoms with Gasteiger partial charge in [-0.15, -0.1) is 0 Å². The van der Waals surface area contributed by atoms with Crippen LogP contribution in [0.4, 0.5) is 0 Å². The monoisotopic (exact) mass is 229 g/mol. The van der Waals surface area contributed by atoms with E-state index in [0.717, 1.165) is 38.8 Å². The van der Waals surface area contributed by atoms with Crippen LogP contribution in [0.1, 0.15) is 39.5 Å². The summed E-state index contributed by atoms with van der Waals surface area (Å²) in [5.41, 5.74) is 0. The first-order valence-corrected chi connectivity index (χ1v) is 6.24. The highest BCUT2D eigenvalue weighted by Gasteiger charge is 2.26. The Labute approximate surface area is 97.6 Å². The highest BCUT2D eigenvalue weighted by Crippen LogP contribution is 2.21. The average Bonchev–Trinajstić information content (AvgIpc) is 2.26. The molecular formula is C12H23NO3. The third kappa shape index (κ3) is 4.10. The summed E-state index contributed by atoms with van der Waals surface area (Å²) in [4.78, 5) is 12.8. The summed E-state index contributed by atoms with van der Waals surface area (Å²) in [6, 6.07) is 0.381. The second kappa shape index (κ2) is 6.86. The summed E-state index contributed by atoms with van der Waals surface area (Å²) in [5.74, 6) is -0.736. The lowest BCUT2D eigenvalue weighted by atomic mass is 9.98. The maximum atomic E-state index is 10.7. The number of carboxylic acids is 1. The predicted molar refractivity (Wildman–Crippen MR) is 62.6 cm³/mol. The lowest BCUT2D eigenvalue weighted by Gasteiger charge is -2.36. The largest absolute Gasteiger partial charge is 0.480 e. The van der Waals surface area contributed by atoms with Gasteiger partial charge in [-0.2, -0.15) is 0 Å². The van der Waals surface area contributed by atoms with Crippen molar-refractivity contribution < 1.29 is 14.6 Å². The van der Waals surface area contributed by atoms with Gasteiger partial charge in [-0.05, 0) is 25.8 Å². The summed E-state index contributed by atoms with van der Waals surface area (Å²) in [5, 5.41) is 8.84. The van der Waals surface area contributed by atoms with Crippen molar-refractivity contribution in [2.75, 3.05) is 19.7 Å². The number of nitrogens with zero attached hydrogens (tertiary/aromatic N) is 1. The first-order chi connectivity index (χ1) is 7.67. The minimum absolute atomic E-state index is 0.153. The number of aliphatic carboxylic acids is 1. The maximum Gasteiger partial charge on any atom is 0.317 e. The molecule has 1 saturated heterocycles. The van der Waals surface area contributed by atoms with E-state index in [2.05, 4.69) is 6.92 Å². The first-order valence-electron chi connectivity index (χ1n) is 6.24. The van der Waals surface area contributed by atoms with Crippen molar-refractivity contribution in [1.82, 2.24) is 4.90 Å². The Balaban J connectivity index is 2.46. The van der Waals surface area contributed by atoms with Gasteiger partial charge in [-0.25, -0.2) is 0 Å². The van der Waals surface area contributed by atoms with Crippen LogP contribution in [0.25, 0.3) is 0 Å². The van der Waals surface area contributed by atoms with E-state index in [9.17, 15) is 4.79 Å². The van der Waals surface area contributed by atoms with Crippen LogP contribution in [0, 0.1) is 0 Å². The minimum atomic E-state index is -0.736. The molecular weight excluding hydrogens is 206 g/mol. The second-order valence-electron chi connectivity index (χ2n) is 4.42. The standard InChI is InChI=1S/C12H23NO3/c1-3-5-11-8-10(6-7-16-11)13(4-2)9-12(14)15/h10-11H,3-9H2,1-2H3,(H,14,15). The summed E-state index contributed by atoms with van der Waals surface area (Å²) in [6.45, 7) is 5.90. The van der Waals surface area contributed by atoms with Gasteiger partial charge in [0.15, 0.2) is 0 Å². The zero-order chi connectivity index (χ0) is 12.0. The average molecular weight is 229 g/mol. The molecule has 1 aliphatic heterocycles. The van der Waals surface area contributed by atoms with Crippen molar-refractivity contribution in [2.24, 2.45) is 0 Å². The van der Waals surface area contributed by atoms with Crippen LogP contribution in [0.3, 0.4) is 0 Å². The third-order valence-corrected chi connectivity index (χ3v) is 3.21. The van der Waals surface area contributed by atoms with Gasteiger partial charge in [0.1, 0.15) is 0 Å². The molecule has 2 atom stereocenters. The number of carboxylic acid groups (broad SMARTS) is 1. The lowest BCUT2D eigenvalue weighted by molar-refractivity contribution is -0.139. The Morgan fingerprint density at radius 3 is 2.81 bits per heavy atom. The van der Waals surface area contributed by atoms with Gasteiger partial charge in [0.2, 0.25) is 0 Å². The molecule has 0 bridgehead atoms. The molecule has 0 aromatic rings. The molecule has 0 radical (unpaired) electrons. The van der Waals surface area contributed by atoms with E-state index in [4.69, 9.17) is 9.84 Å². The van der Waals surface area contributed by atoms with Crippen molar-refractivity contribution in [1.29, 1.82) is 0 Å². The molecule has 0 saturated carbocycles. The van der Waals surface area contributed by atoms with Crippen LogP contribution in [0.15, 0.2) is 0 Å². The molecule has 1 heterocycles. The predicted octanol–water partition coefficient (Wildman–Crippen LogP) is 1.74. The minimum Gasteiger partial charge on any atom is -0.480 e. The summed E-state index contributed by atoms with van der Waals surface area (Å²) >= 11 is 0. The van der Waals surface area contributed by atoms with Crippen molar-refractivity contribution in [2.45, 2.75) is 51.7 Å². The fourth-order valence-corrected chi connectivity index (χ4v) is 2.39. The molecule has 2 unspecified atom stereocenters. The molecule has 1 rings (SSSR count). The lowest BCUT2D eigenvalue weighted by Crippen LogP contribution is -2.44. The van der Waals surface area contributed by atoms with Gasteiger partial charge in [-0.1, -0.05) is 20.3 Å². The Morgan fingerprint density at radius 2 is 2.25 bits per heavy atom. The molecule has 1 fully saturated rings. The van der Waals surface area contributed by atoms with Crippen LogP contribution in [0.5, 0.6) is 0 Å².